The number of hydrogen-bond acceptors (Lipinski definition) is 7. The number of thiazole rings is 1. The molecule has 0 aliphatic carbocycles. The van der Waals surface area contributed by atoms with Crippen LogP contribution in [-0.4, -0.2) is 64.0 Å². The first kappa shape index (κ1) is 30.7. The number of aromatic nitrogens is 1. The van der Waals surface area contributed by atoms with Crippen LogP contribution in [0.4, 0.5) is 0 Å². The summed E-state index contributed by atoms with van der Waals surface area (Å²) in [5, 5.41) is 16.3. The van der Waals surface area contributed by atoms with Gasteiger partial charge in [0.25, 0.3) is 0 Å². The van der Waals surface area contributed by atoms with Crippen LogP contribution in [0.15, 0.2) is 29.8 Å². The van der Waals surface area contributed by atoms with Gasteiger partial charge in [-0.25, -0.2) is 4.98 Å². The Kier molecular flexibility index (Phi) is 10.6. The van der Waals surface area contributed by atoms with Crippen molar-refractivity contribution in [2.24, 2.45) is 11.1 Å². The molecule has 1 aromatic carbocycles. The van der Waals surface area contributed by atoms with E-state index in [2.05, 4.69) is 15.6 Å². The standard InChI is InChI=1S/C29H43N5O4S/c1-18(20-10-12-21(13-11-20)25-19(2)31-17-39-25)32-27(37)23-15-22(35)16-34(23)28(38)26(29(3,4)5)33-24(36)9-7-6-8-14-30/h10-13,17-18,22-23,26,35H,6-9,14-16,30H2,1-5H3,(H,32,37)(H,33,36)/t18-,22+,23-,26-/m0/s1. The maximum absolute atomic E-state index is 13.7. The fourth-order valence-electron chi connectivity index (χ4n) is 4.86. The molecule has 0 radical (unpaired) electrons. The summed E-state index contributed by atoms with van der Waals surface area (Å²) in [4.78, 5) is 46.5. The Hall–Kier alpha value is -2.82. The number of rotatable bonds is 11. The quantitative estimate of drug-likeness (QED) is 0.313. The molecule has 5 N–H and O–H groups in total. The molecule has 3 amide bonds. The third kappa shape index (κ3) is 8.09. The average Bonchev–Trinajstić information content (AvgIpc) is 3.49. The zero-order valence-corrected chi connectivity index (χ0v) is 24.5. The van der Waals surface area contributed by atoms with Gasteiger partial charge in [0.2, 0.25) is 17.7 Å². The minimum atomic E-state index is -0.819. The lowest BCUT2D eigenvalue weighted by molar-refractivity contribution is -0.144. The van der Waals surface area contributed by atoms with Crippen molar-refractivity contribution < 1.29 is 19.5 Å². The summed E-state index contributed by atoms with van der Waals surface area (Å²) in [5.74, 6) is -0.881. The van der Waals surface area contributed by atoms with Gasteiger partial charge >= 0.3 is 0 Å². The van der Waals surface area contributed by atoms with Gasteiger partial charge < -0.3 is 26.4 Å². The SMILES string of the molecule is Cc1ncsc1-c1ccc([C@H](C)NC(=O)[C@@H]2C[C@@H](O)CN2C(=O)[C@H](NC(=O)CCCCCN)C(C)(C)C)cc1. The molecule has 1 fully saturated rings. The van der Waals surface area contributed by atoms with Crippen LogP contribution in [-0.2, 0) is 14.4 Å². The highest BCUT2D eigenvalue weighted by molar-refractivity contribution is 7.13. The molecule has 214 valence electrons. The third-order valence-corrected chi connectivity index (χ3v) is 8.15. The number of aliphatic hydroxyl groups is 1. The molecule has 0 spiro atoms. The van der Waals surface area contributed by atoms with Crippen LogP contribution >= 0.6 is 11.3 Å². The number of nitrogens with one attached hydrogen (secondary N) is 2. The molecule has 4 atom stereocenters. The first-order chi connectivity index (χ1) is 18.4. The highest BCUT2D eigenvalue weighted by Crippen LogP contribution is 2.29. The van der Waals surface area contributed by atoms with Gasteiger partial charge in [-0.15, -0.1) is 11.3 Å². The number of nitrogens with two attached hydrogens (primary N) is 1. The topological polar surface area (TPSA) is 138 Å². The molecule has 3 rings (SSSR count). The minimum absolute atomic E-state index is 0.0488. The second-order valence-corrected chi connectivity index (χ2v) is 12.3. The number of benzene rings is 1. The maximum atomic E-state index is 13.7. The highest BCUT2D eigenvalue weighted by Gasteiger charge is 2.44. The third-order valence-electron chi connectivity index (χ3n) is 7.17. The van der Waals surface area contributed by atoms with Crippen molar-refractivity contribution in [3.05, 3.63) is 41.0 Å². The summed E-state index contributed by atoms with van der Waals surface area (Å²) in [5.41, 5.74) is 9.76. The van der Waals surface area contributed by atoms with Gasteiger partial charge in [0.15, 0.2) is 0 Å². The van der Waals surface area contributed by atoms with Crippen molar-refractivity contribution in [2.75, 3.05) is 13.1 Å². The largest absolute Gasteiger partial charge is 0.391 e. The molecule has 0 unspecified atom stereocenters. The lowest BCUT2D eigenvalue weighted by Crippen LogP contribution is -2.57. The molecule has 2 heterocycles. The van der Waals surface area contributed by atoms with Gasteiger partial charge in [-0.2, -0.15) is 0 Å². The van der Waals surface area contributed by atoms with Gasteiger partial charge in [0.05, 0.1) is 28.2 Å². The Morgan fingerprint density at radius 2 is 1.85 bits per heavy atom. The number of aryl methyl sites for hydroxylation is 1. The van der Waals surface area contributed by atoms with Crippen LogP contribution in [0, 0.1) is 12.3 Å². The minimum Gasteiger partial charge on any atom is -0.391 e. The number of carbonyl (C=O) groups excluding carboxylic acids is 3. The molecule has 1 aromatic heterocycles. The molecule has 1 saturated heterocycles. The number of carbonyl (C=O) groups is 3. The number of β-amino-alcohol motifs (C(OH)–C–C–N with tert-alkyl or cyclic N) is 1. The molecule has 39 heavy (non-hydrogen) atoms. The Bertz CT molecular complexity index is 1130. The Labute approximate surface area is 235 Å². The molecule has 1 aliphatic heterocycles. The van der Waals surface area contributed by atoms with Gasteiger partial charge in [-0.3, -0.25) is 14.4 Å². The van der Waals surface area contributed by atoms with Crippen molar-refractivity contribution in [1.82, 2.24) is 20.5 Å². The van der Waals surface area contributed by atoms with Crippen LogP contribution in [0.1, 0.15) is 77.1 Å². The van der Waals surface area contributed by atoms with E-state index in [1.807, 2.05) is 64.4 Å². The van der Waals surface area contributed by atoms with Gasteiger partial charge in [0.1, 0.15) is 12.1 Å². The normalized spacial score (nSPS) is 19.0. The van der Waals surface area contributed by atoms with Crippen LogP contribution in [0.25, 0.3) is 10.4 Å². The molecule has 10 heteroatoms. The van der Waals surface area contributed by atoms with Gasteiger partial charge in [-0.05, 0) is 49.8 Å². The van der Waals surface area contributed by atoms with E-state index in [4.69, 9.17) is 5.73 Å². The van der Waals surface area contributed by atoms with Crippen molar-refractivity contribution in [3.8, 4) is 10.4 Å². The van der Waals surface area contributed by atoms with Crippen LogP contribution in [0.5, 0.6) is 0 Å². The zero-order valence-electron chi connectivity index (χ0n) is 23.7. The van der Waals surface area contributed by atoms with Crippen LogP contribution in [0.3, 0.4) is 0 Å². The van der Waals surface area contributed by atoms with Crippen molar-refractivity contribution in [1.29, 1.82) is 0 Å². The summed E-state index contributed by atoms with van der Waals surface area (Å²) in [6.07, 6.45) is 2.05. The average molecular weight is 558 g/mol. The van der Waals surface area contributed by atoms with Crippen molar-refractivity contribution in [3.63, 3.8) is 0 Å². The van der Waals surface area contributed by atoms with Crippen molar-refractivity contribution in [2.45, 2.75) is 91.0 Å². The first-order valence-electron chi connectivity index (χ1n) is 13.7. The van der Waals surface area contributed by atoms with Crippen LogP contribution in [0.2, 0.25) is 0 Å². The maximum Gasteiger partial charge on any atom is 0.246 e. The van der Waals surface area contributed by atoms with E-state index in [1.54, 1.807) is 11.3 Å². The summed E-state index contributed by atoms with van der Waals surface area (Å²) in [6, 6.07) is 6.05. The number of unbranched alkanes of at least 4 members (excludes halogenated alkanes) is 2. The number of likely N-dealkylation sites (tertiary alicyclic amines) is 1. The predicted molar refractivity (Wildman–Crippen MR) is 154 cm³/mol. The Morgan fingerprint density at radius 3 is 2.44 bits per heavy atom. The monoisotopic (exact) mass is 557 g/mol. The molecule has 1 aliphatic rings. The molecule has 9 nitrogen and oxygen atoms in total. The number of nitrogens with zero attached hydrogens (tertiary/aromatic N) is 2. The second kappa shape index (κ2) is 13.5. The first-order valence-corrected chi connectivity index (χ1v) is 14.6. The Morgan fingerprint density at radius 1 is 1.15 bits per heavy atom. The van der Waals surface area contributed by atoms with E-state index in [9.17, 15) is 19.5 Å². The van der Waals surface area contributed by atoms with E-state index in [0.717, 1.165) is 34.5 Å². The fraction of sp³-hybridized carbons (Fsp3) is 0.586. The zero-order chi connectivity index (χ0) is 28.7. The molecular formula is C29H43N5O4S. The van der Waals surface area contributed by atoms with E-state index in [-0.39, 0.29) is 36.7 Å². The summed E-state index contributed by atoms with van der Waals surface area (Å²) >= 11 is 1.59. The van der Waals surface area contributed by atoms with Gasteiger partial charge in [-0.1, -0.05) is 51.5 Å². The number of aliphatic hydroxyl groups excluding tert-OH is 1. The fourth-order valence-corrected chi connectivity index (χ4v) is 5.67. The molecular weight excluding hydrogens is 514 g/mol. The lowest BCUT2D eigenvalue weighted by Gasteiger charge is -2.35. The van der Waals surface area contributed by atoms with E-state index in [0.29, 0.717) is 19.4 Å². The summed E-state index contributed by atoms with van der Waals surface area (Å²) in [6.45, 7) is 10.1. The van der Waals surface area contributed by atoms with E-state index in [1.165, 1.54) is 4.90 Å². The lowest BCUT2D eigenvalue weighted by atomic mass is 9.85. The smallest absolute Gasteiger partial charge is 0.246 e. The summed E-state index contributed by atoms with van der Waals surface area (Å²) < 4.78 is 0. The number of hydrogen-bond donors (Lipinski definition) is 4. The number of amides is 3. The second-order valence-electron chi connectivity index (χ2n) is 11.5. The highest BCUT2D eigenvalue weighted by atomic mass is 32.1. The van der Waals surface area contributed by atoms with Crippen LogP contribution < -0.4 is 16.4 Å². The molecule has 0 bridgehead atoms. The molecule has 0 saturated carbocycles. The predicted octanol–water partition coefficient (Wildman–Crippen LogP) is 3.31. The summed E-state index contributed by atoms with van der Waals surface area (Å²) in [7, 11) is 0. The van der Waals surface area contributed by atoms with E-state index >= 15 is 0 Å². The van der Waals surface area contributed by atoms with Crippen molar-refractivity contribution >= 4 is 29.1 Å². The molecule has 2 aromatic rings. The Balaban J connectivity index is 1.68. The van der Waals surface area contributed by atoms with Gasteiger partial charge in [0, 0.05) is 19.4 Å². The van der Waals surface area contributed by atoms with E-state index < -0.39 is 23.6 Å².